The molecular weight excluding hydrogens is 267 g/mol. The Bertz CT molecular complexity index is 195. The van der Waals surface area contributed by atoms with Gasteiger partial charge < -0.3 is 4.90 Å². The Morgan fingerprint density at radius 2 is 2.33 bits per heavy atom. The van der Waals surface area contributed by atoms with E-state index in [9.17, 15) is 4.79 Å². The number of carbonyl (C=O) groups excluding carboxylic acids is 1. The molecule has 0 aromatic heterocycles. The number of carbonyl (C=O) groups is 1. The van der Waals surface area contributed by atoms with Crippen LogP contribution in [-0.2, 0) is 4.79 Å². The first-order valence-electron chi connectivity index (χ1n) is 3.99. The number of hydrogen-bond acceptors (Lipinski definition) is 2. The first-order valence-corrected chi connectivity index (χ1v) is 4.95. The molecule has 1 aliphatic heterocycles. The molecule has 0 radical (unpaired) electrons. The van der Waals surface area contributed by atoms with Gasteiger partial charge in [-0.2, -0.15) is 0 Å². The molecule has 0 N–H and O–H groups in total. The number of piperazine rings is 1. The van der Waals surface area contributed by atoms with Crippen molar-refractivity contribution >= 4 is 28.8 Å². The molecule has 0 saturated carbocycles. The van der Waals surface area contributed by atoms with Crippen molar-refractivity contribution in [3.05, 3.63) is 12.7 Å². The smallest absolute Gasteiger partial charge is 0.246 e. The first kappa shape index (κ1) is 9.98. The summed E-state index contributed by atoms with van der Waals surface area (Å²) in [6.07, 6.45) is 1.39. The lowest BCUT2D eigenvalue weighted by atomic mass is 10.2. The molecule has 0 spiro atoms. The van der Waals surface area contributed by atoms with Crippen LogP contribution < -0.4 is 0 Å². The van der Waals surface area contributed by atoms with E-state index in [1.54, 1.807) is 0 Å². The van der Waals surface area contributed by atoms with Crippen LogP contribution in [0.5, 0.6) is 0 Å². The largest absolute Gasteiger partial charge is 0.334 e. The summed E-state index contributed by atoms with van der Waals surface area (Å²) in [7, 11) is 0. The van der Waals surface area contributed by atoms with E-state index in [2.05, 4.69) is 39.5 Å². The van der Waals surface area contributed by atoms with E-state index in [1.807, 2.05) is 4.90 Å². The molecule has 1 fully saturated rings. The molecule has 0 aromatic carbocycles. The van der Waals surface area contributed by atoms with Gasteiger partial charge in [0.1, 0.15) is 0 Å². The van der Waals surface area contributed by atoms with Gasteiger partial charge in [-0.15, -0.1) is 0 Å². The minimum atomic E-state index is 0.0481. The van der Waals surface area contributed by atoms with Crippen molar-refractivity contribution in [2.75, 3.05) is 19.6 Å². The average molecular weight is 280 g/mol. The summed E-state index contributed by atoms with van der Waals surface area (Å²) < 4.78 is 2.20. The lowest BCUT2D eigenvalue weighted by molar-refractivity contribution is -0.129. The number of amides is 1. The molecule has 0 aliphatic carbocycles. The number of nitrogens with zero attached hydrogens (tertiary/aromatic N) is 2. The van der Waals surface area contributed by atoms with E-state index in [1.165, 1.54) is 6.08 Å². The van der Waals surface area contributed by atoms with Gasteiger partial charge in [-0.25, -0.2) is 3.11 Å². The van der Waals surface area contributed by atoms with Crippen molar-refractivity contribution in [2.45, 2.75) is 13.0 Å². The highest BCUT2D eigenvalue weighted by molar-refractivity contribution is 14.1. The van der Waals surface area contributed by atoms with Gasteiger partial charge in [0.05, 0.1) is 0 Å². The maximum absolute atomic E-state index is 11.3. The summed E-state index contributed by atoms with van der Waals surface area (Å²) in [4.78, 5) is 13.1. The number of hydrogen-bond donors (Lipinski definition) is 0. The standard InChI is InChI=1S/C8H13IN2O/c1-3-8(12)11-5-4-10(9)6-7(11)2/h3,7H,1,4-6H2,2H3/t7-/m1/s1. The van der Waals surface area contributed by atoms with Crippen molar-refractivity contribution < 1.29 is 4.79 Å². The van der Waals surface area contributed by atoms with E-state index in [4.69, 9.17) is 0 Å². The number of halogens is 1. The molecule has 1 heterocycles. The quantitative estimate of drug-likeness (QED) is 0.407. The second kappa shape index (κ2) is 4.23. The molecule has 1 aliphatic rings. The fraction of sp³-hybridized carbons (Fsp3) is 0.625. The van der Waals surface area contributed by atoms with Crippen LogP contribution in [-0.4, -0.2) is 39.6 Å². The lowest BCUT2D eigenvalue weighted by Crippen LogP contribution is -2.50. The van der Waals surface area contributed by atoms with Crippen molar-refractivity contribution in [2.24, 2.45) is 0 Å². The van der Waals surface area contributed by atoms with Crippen molar-refractivity contribution in [1.82, 2.24) is 8.01 Å². The van der Waals surface area contributed by atoms with Crippen LogP contribution in [0.4, 0.5) is 0 Å². The Hall–Kier alpha value is -0.100. The fourth-order valence-corrected chi connectivity index (χ4v) is 2.14. The molecular formula is C8H13IN2O. The van der Waals surface area contributed by atoms with Gasteiger partial charge in [-0.3, -0.25) is 4.79 Å². The minimum Gasteiger partial charge on any atom is -0.334 e. The molecule has 12 heavy (non-hydrogen) atoms. The van der Waals surface area contributed by atoms with E-state index in [0.717, 1.165) is 19.6 Å². The summed E-state index contributed by atoms with van der Waals surface area (Å²) in [5.74, 6) is 0.0481. The Balaban J connectivity index is 2.55. The van der Waals surface area contributed by atoms with Crippen LogP contribution in [0.3, 0.4) is 0 Å². The zero-order valence-electron chi connectivity index (χ0n) is 7.16. The predicted molar refractivity (Wildman–Crippen MR) is 57.0 cm³/mol. The Kier molecular flexibility index (Phi) is 3.52. The molecule has 3 nitrogen and oxygen atoms in total. The predicted octanol–water partition coefficient (Wildman–Crippen LogP) is 1.06. The van der Waals surface area contributed by atoms with Gasteiger partial charge in [-0.05, 0) is 13.0 Å². The monoisotopic (exact) mass is 280 g/mol. The normalized spacial score (nSPS) is 25.5. The van der Waals surface area contributed by atoms with Crippen molar-refractivity contribution in [1.29, 1.82) is 0 Å². The summed E-state index contributed by atoms with van der Waals surface area (Å²) >= 11 is 2.29. The molecule has 0 bridgehead atoms. The van der Waals surface area contributed by atoms with Crippen LogP contribution >= 0.6 is 22.9 Å². The fourth-order valence-electron chi connectivity index (χ4n) is 1.36. The molecule has 68 valence electrons. The molecule has 0 unspecified atom stereocenters. The van der Waals surface area contributed by atoms with E-state index in [0.29, 0.717) is 6.04 Å². The second-order valence-corrected chi connectivity index (χ2v) is 4.32. The molecule has 1 rings (SSSR count). The van der Waals surface area contributed by atoms with E-state index >= 15 is 0 Å². The minimum absolute atomic E-state index is 0.0481. The Morgan fingerprint density at radius 3 is 2.83 bits per heavy atom. The van der Waals surface area contributed by atoms with Gasteiger partial charge in [0.25, 0.3) is 0 Å². The molecule has 1 amide bonds. The van der Waals surface area contributed by atoms with Crippen LogP contribution in [0.2, 0.25) is 0 Å². The Morgan fingerprint density at radius 1 is 1.67 bits per heavy atom. The average Bonchev–Trinajstić information content (AvgIpc) is 2.03. The highest BCUT2D eigenvalue weighted by Gasteiger charge is 2.24. The number of rotatable bonds is 1. The van der Waals surface area contributed by atoms with Crippen LogP contribution in [0.1, 0.15) is 6.92 Å². The third-order valence-electron chi connectivity index (χ3n) is 2.04. The molecule has 4 heteroatoms. The van der Waals surface area contributed by atoms with E-state index in [-0.39, 0.29) is 5.91 Å². The summed E-state index contributed by atoms with van der Waals surface area (Å²) in [5.41, 5.74) is 0. The van der Waals surface area contributed by atoms with Crippen LogP contribution in [0.25, 0.3) is 0 Å². The summed E-state index contributed by atoms with van der Waals surface area (Å²) in [6, 6.07) is 0.307. The van der Waals surface area contributed by atoms with Gasteiger partial charge in [0.2, 0.25) is 5.91 Å². The molecule has 0 aromatic rings. The Labute approximate surface area is 86.9 Å². The highest BCUT2D eigenvalue weighted by atomic mass is 127. The van der Waals surface area contributed by atoms with Gasteiger partial charge in [0, 0.05) is 48.5 Å². The third-order valence-corrected chi connectivity index (χ3v) is 2.91. The highest BCUT2D eigenvalue weighted by Crippen LogP contribution is 2.12. The third kappa shape index (κ3) is 2.20. The summed E-state index contributed by atoms with van der Waals surface area (Å²) in [6.45, 7) is 8.25. The molecule has 1 saturated heterocycles. The van der Waals surface area contributed by atoms with Gasteiger partial charge in [-0.1, -0.05) is 6.58 Å². The zero-order valence-corrected chi connectivity index (χ0v) is 9.32. The van der Waals surface area contributed by atoms with Crippen LogP contribution in [0, 0.1) is 0 Å². The lowest BCUT2D eigenvalue weighted by Gasteiger charge is -2.36. The zero-order chi connectivity index (χ0) is 9.14. The molecule has 1 atom stereocenters. The van der Waals surface area contributed by atoms with E-state index < -0.39 is 0 Å². The van der Waals surface area contributed by atoms with Crippen molar-refractivity contribution in [3.63, 3.8) is 0 Å². The maximum Gasteiger partial charge on any atom is 0.246 e. The maximum atomic E-state index is 11.3. The van der Waals surface area contributed by atoms with Gasteiger partial charge >= 0.3 is 0 Å². The van der Waals surface area contributed by atoms with Crippen molar-refractivity contribution in [3.8, 4) is 0 Å². The van der Waals surface area contributed by atoms with Gasteiger partial charge in [0.15, 0.2) is 0 Å². The first-order chi connectivity index (χ1) is 5.65. The summed E-state index contributed by atoms with van der Waals surface area (Å²) in [5, 5.41) is 0. The SMILES string of the molecule is C=CC(=O)N1CCN(I)C[C@H]1C. The topological polar surface area (TPSA) is 23.6 Å². The van der Waals surface area contributed by atoms with Crippen LogP contribution in [0.15, 0.2) is 12.7 Å². The second-order valence-electron chi connectivity index (χ2n) is 2.95.